The molecule has 0 aliphatic carbocycles. The van der Waals surface area contributed by atoms with Gasteiger partial charge in [-0.15, -0.1) is 0 Å². The Kier molecular flexibility index (Phi) is 6.45. The van der Waals surface area contributed by atoms with E-state index in [2.05, 4.69) is 5.32 Å². The second-order valence-corrected chi connectivity index (χ2v) is 8.15. The zero-order valence-corrected chi connectivity index (χ0v) is 17.4. The van der Waals surface area contributed by atoms with Crippen molar-refractivity contribution in [1.29, 1.82) is 0 Å². The van der Waals surface area contributed by atoms with Crippen molar-refractivity contribution in [3.05, 3.63) is 34.9 Å². The van der Waals surface area contributed by atoms with Crippen LogP contribution in [0.4, 0.5) is 0 Å². The molecule has 0 aromatic heterocycles. The van der Waals surface area contributed by atoms with Crippen LogP contribution in [0.15, 0.2) is 24.3 Å². The topological polar surface area (TPSA) is 122 Å². The Bertz CT molecular complexity index is 760. The van der Waals surface area contributed by atoms with Gasteiger partial charge in [0.15, 0.2) is 0 Å². The quantitative estimate of drug-likeness (QED) is 0.508. The highest BCUT2D eigenvalue weighted by molar-refractivity contribution is 6.31. The van der Waals surface area contributed by atoms with Crippen LogP contribution in [0.2, 0.25) is 5.02 Å². The molecule has 0 radical (unpaired) electrons. The fourth-order valence-electron chi connectivity index (χ4n) is 4.76. The van der Waals surface area contributed by atoms with E-state index in [1.54, 1.807) is 52.0 Å². The number of aliphatic carboxylic acids is 2. The maximum Gasteiger partial charge on any atom is 0.312 e. The molecule has 156 valence electrons. The van der Waals surface area contributed by atoms with Gasteiger partial charge in [0, 0.05) is 24.1 Å². The standard InChI is InChI=1S/C20H29ClN2O5/c1-5-20(17(26)27)14(12-9-7-8-10-13(12)21)18(3,16(24)25)11-23-19(20,4)15(22)28-6-2/h7-10,14-15,23H,5-6,11,22H2,1-4H3,(H,24,25)(H,26,27). The van der Waals surface area contributed by atoms with Gasteiger partial charge in [-0.2, -0.15) is 0 Å². The summed E-state index contributed by atoms with van der Waals surface area (Å²) in [7, 11) is 0. The highest BCUT2D eigenvalue weighted by atomic mass is 35.5. The third-order valence-corrected chi connectivity index (χ3v) is 6.78. The van der Waals surface area contributed by atoms with E-state index < -0.39 is 40.5 Å². The van der Waals surface area contributed by atoms with Gasteiger partial charge in [0.2, 0.25) is 0 Å². The summed E-state index contributed by atoms with van der Waals surface area (Å²) in [5.74, 6) is -3.18. The van der Waals surface area contributed by atoms with Crippen LogP contribution in [-0.4, -0.2) is 47.1 Å². The lowest BCUT2D eigenvalue weighted by Crippen LogP contribution is -2.77. The van der Waals surface area contributed by atoms with Gasteiger partial charge in [0.05, 0.1) is 16.4 Å². The number of rotatable bonds is 7. The Morgan fingerprint density at radius 2 is 1.89 bits per heavy atom. The van der Waals surface area contributed by atoms with E-state index in [1.165, 1.54) is 0 Å². The van der Waals surface area contributed by atoms with Crippen molar-refractivity contribution in [2.24, 2.45) is 16.6 Å². The second kappa shape index (κ2) is 7.99. The lowest BCUT2D eigenvalue weighted by atomic mass is 9.48. The normalized spacial score (nSPS) is 34.0. The smallest absolute Gasteiger partial charge is 0.312 e. The lowest BCUT2D eigenvalue weighted by Gasteiger charge is -2.60. The summed E-state index contributed by atoms with van der Waals surface area (Å²) in [5, 5.41) is 24.1. The first-order valence-corrected chi connectivity index (χ1v) is 9.74. The van der Waals surface area contributed by atoms with E-state index in [4.69, 9.17) is 22.1 Å². The van der Waals surface area contributed by atoms with Gasteiger partial charge in [-0.05, 0) is 38.8 Å². The molecule has 28 heavy (non-hydrogen) atoms. The molecule has 0 spiro atoms. The Hall–Kier alpha value is -1.67. The molecule has 1 fully saturated rings. The van der Waals surface area contributed by atoms with Crippen molar-refractivity contribution < 1.29 is 24.5 Å². The number of halogens is 1. The molecule has 1 saturated heterocycles. The molecular weight excluding hydrogens is 384 g/mol. The van der Waals surface area contributed by atoms with Crippen molar-refractivity contribution in [2.45, 2.75) is 51.8 Å². The summed E-state index contributed by atoms with van der Waals surface area (Å²) in [6, 6.07) is 6.79. The van der Waals surface area contributed by atoms with Gasteiger partial charge in [-0.25, -0.2) is 0 Å². The van der Waals surface area contributed by atoms with Gasteiger partial charge >= 0.3 is 11.9 Å². The number of benzene rings is 1. The lowest BCUT2D eigenvalue weighted by molar-refractivity contribution is -0.185. The Morgan fingerprint density at radius 1 is 1.29 bits per heavy atom. The molecule has 1 aromatic rings. The predicted molar refractivity (Wildman–Crippen MR) is 106 cm³/mol. The van der Waals surface area contributed by atoms with E-state index >= 15 is 0 Å². The number of piperidine rings is 1. The first kappa shape index (κ1) is 22.6. The minimum absolute atomic E-state index is 0.0184. The maximum absolute atomic E-state index is 12.8. The molecule has 0 amide bonds. The summed E-state index contributed by atoms with van der Waals surface area (Å²) in [6.45, 7) is 7.05. The molecule has 1 aliphatic heterocycles. The molecule has 0 bridgehead atoms. The van der Waals surface area contributed by atoms with E-state index in [9.17, 15) is 19.8 Å². The summed E-state index contributed by atoms with van der Waals surface area (Å²) < 4.78 is 5.61. The average Bonchev–Trinajstić information content (AvgIpc) is 2.64. The van der Waals surface area contributed by atoms with E-state index in [-0.39, 0.29) is 13.0 Å². The van der Waals surface area contributed by atoms with E-state index in [0.29, 0.717) is 17.2 Å². The zero-order chi connectivity index (χ0) is 21.3. The maximum atomic E-state index is 12.8. The molecule has 7 nitrogen and oxygen atoms in total. The SMILES string of the molecule is CCOC(N)C1(C)NCC(C)(C(=O)O)C(c2ccccc2Cl)C1(CC)C(=O)O. The average molecular weight is 413 g/mol. The van der Waals surface area contributed by atoms with Crippen LogP contribution in [0.3, 0.4) is 0 Å². The molecule has 2 rings (SSSR count). The Labute approximate surface area is 170 Å². The first-order chi connectivity index (χ1) is 13.0. The number of nitrogens with one attached hydrogen (secondary N) is 1. The number of carboxylic acid groups (broad SMARTS) is 2. The highest BCUT2D eigenvalue weighted by Crippen LogP contribution is 2.60. The fraction of sp³-hybridized carbons (Fsp3) is 0.600. The molecule has 5 atom stereocenters. The number of ether oxygens (including phenoxy) is 1. The molecule has 1 aliphatic rings. The Morgan fingerprint density at radius 3 is 2.36 bits per heavy atom. The minimum atomic E-state index is -1.59. The zero-order valence-electron chi connectivity index (χ0n) is 16.7. The number of carbonyl (C=O) groups is 2. The summed E-state index contributed by atoms with van der Waals surface area (Å²) in [5.41, 5.74) is 2.53. The third-order valence-electron chi connectivity index (χ3n) is 6.44. The minimum Gasteiger partial charge on any atom is -0.481 e. The second-order valence-electron chi connectivity index (χ2n) is 7.74. The Balaban J connectivity index is 2.89. The van der Waals surface area contributed by atoms with Gasteiger partial charge in [0.25, 0.3) is 0 Å². The molecule has 1 heterocycles. The molecule has 8 heteroatoms. The molecule has 1 aromatic carbocycles. The predicted octanol–water partition coefficient (Wildman–Crippen LogP) is 2.68. The van der Waals surface area contributed by atoms with Crippen molar-refractivity contribution in [2.75, 3.05) is 13.2 Å². The van der Waals surface area contributed by atoms with Gasteiger partial charge in [0.1, 0.15) is 6.23 Å². The van der Waals surface area contributed by atoms with Gasteiger partial charge in [-0.3, -0.25) is 9.59 Å². The van der Waals surface area contributed by atoms with Crippen LogP contribution in [0.5, 0.6) is 0 Å². The van der Waals surface area contributed by atoms with Crippen molar-refractivity contribution >= 4 is 23.5 Å². The summed E-state index contributed by atoms with van der Waals surface area (Å²) in [6.07, 6.45) is -0.831. The number of nitrogens with two attached hydrogens (primary N) is 1. The van der Waals surface area contributed by atoms with Crippen LogP contribution in [-0.2, 0) is 14.3 Å². The monoisotopic (exact) mass is 412 g/mol. The largest absolute Gasteiger partial charge is 0.481 e. The van der Waals surface area contributed by atoms with Crippen molar-refractivity contribution in [3.63, 3.8) is 0 Å². The third kappa shape index (κ3) is 3.10. The number of hydrogen-bond acceptors (Lipinski definition) is 5. The number of carboxylic acids is 2. The van der Waals surface area contributed by atoms with Crippen LogP contribution < -0.4 is 11.1 Å². The molecule has 0 saturated carbocycles. The van der Waals surface area contributed by atoms with Crippen molar-refractivity contribution in [1.82, 2.24) is 5.32 Å². The van der Waals surface area contributed by atoms with E-state index in [0.717, 1.165) is 0 Å². The van der Waals surface area contributed by atoms with Crippen molar-refractivity contribution in [3.8, 4) is 0 Å². The molecule has 5 N–H and O–H groups in total. The molecule has 5 unspecified atom stereocenters. The van der Waals surface area contributed by atoms with Crippen LogP contribution in [0, 0.1) is 10.8 Å². The van der Waals surface area contributed by atoms with Crippen LogP contribution in [0.1, 0.15) is 45.6 Å². The van der Waals surface area contributed by atoms with Crippen LogP contribution in [0.25, 0.3) is 0 Å². The highest BCUT2D eigenvalue weighted by Gasteiger charge is 2.69. The van der Waals surface area contributed by atoms with Gasteiger partial charge < -0.3 is 26.0 Å². The van der Waals surface area contributed by atoms with Gasteiger partial charge in [-0.1, -0.05) is 36.7 Å². The molecular formula is C20H29ClN2O5. The summed E-state index contributed by atoms with van der Waals surface area (Å²) >= 11 is 6.44. The van der Waals surface area contributed by atoms with Crippen LogP contribution >= 0.6 is 11.6 Å². The van der Waals surface area contributed by atoms with E-state index in [1.807, 2.05) is 0 Å². The first-order valence-electron chi connectivity index (χ1n) is 9.36. The summed E-state index contributed by atoms with van der Waals surface area (Å²) in [4.78, 5) is 25.2. The fourth-order valence-corrected chi connectivity index (χ4v) is 5.00. The number of hydrogen-bond donors (Lipinski definition) is 4.